The minimum absolute atomic E-state index is 0.215. The SMILES string of the molecule is C=C(C)C(=O)OC1(C)[C]2CC3CC(C2)CC1C3. The van der Waals surface area contributed by atoms with Crippen LogP contribution < -0.4 is 0 Å². The Morgan fingerprint density at radius 1 is 1.29 bits per heavy atom. The molecule has 4 rings (SSSR count). The van der Waals surface area contributed by atoms with E-state index in [4.69, 9.17) is 4.74 Å². The fourth-order valence-electron chi connectivity index (χ4n) is 4.26. The van der Waals surface area contributed by atoms with E-state index >= 15 is 0 Å². The van der Waals surface area contributed by atoms with Crippen molar-refractivity contribution in [2.24, 2.45) is 17.8 Å². The molecular weight excluding hydrogens is 212 g/mol. The van der Waals surface area contributed by atoms with Gasteiger partial charge in [0, 0.05) is 11.5 Å². The van der Waals surface area contributed by atoms with Crippen molar-refractivity contribution in [3.63, 3.8) is 0 Å². The minimum Gasteiger partial charge on any atom is -0.455 e. The van der Waals surface area contributed by atoms with E-state index < -0.39 is 0 Å². The molecule has 4 aliphatic rings. The number of esters is 1. The van der Waals surface area contributed by atoms with Gasteiger partial charge in [-0.3, -0.25) is 0 Å². The molecule has 0 saturated heterocycles. The lowest BCUT2D eigenvalue weighted by Gasteiger charge is -2.58. The first-order chi connectivity index (χ1) is 7.99. The summed E-state index contributed by atoms with van der Waals surface area (Å²) in [6.45, 7) is 7.54. The molecule has 0 heterocycles. The smallest absolute Gasteiger partial charge is 0.333 e. The molecule has 93 valence electrons. The average Bonchev–Trinajstić information content (AvgIpc) is 2.25. The van der Waals surface area contributed by atoms with E-state index in [2.05, 4.69) is 13.5 Å². The third-order valence-corrected chi connectivity index (χ3v) is 5.11. The van der Waals surface area contributed by atoms with Crippen molar-refractivity contribution in [3.05, 3.63) is 18.1 Å². The maximum atomic E-state index is 11.8. The van der Waals surface area contributed by atoms with E-state index in [1.807, 2.05) is 0 Å². The molecule has 2 heteroatoms. The summed E-state index contributed by atoms with van der Waals surface area (Å²) in [4.78, 5) is 11.8. The van der Waals surface area contributed by atoms with Crippen LogP contribution in [0.2, 0.25) is 0 Å². The summed E-state index contributed by atoms with van der Waals surface area (Å²) in [6.07, 6.45) is 6.28. The Bertz CT molecular complexity index is 341. The van der Waals surface area contributed by atoms with Crippen molar-refractivity contribution in [2.75, 3.05) is 0 Å². The highest BCUT2D eigenvalue weighted by Gasteiger charge is 2.57. The van der Waals surface area contributed by atoms with Crippen LogP contribution >= 0.6 is 0 Å². The van der Waals surface area contributed by atoms with Crippen LogP contribution in [-0.4, -0.2) is 11.6 Å². The first-order valence-electron chi connectivity index (χ1n) is 6.73. The van der Waals surface area contributed by atoms with E-state index in [1.165, 1.54) is 38.0 Å². The lowest BCUT2D eigenvalue weighted by molar-refractivity contribution is -0.171. The van der Waals surface area contributed by atoms with Crippen LogP contribution in [0.25, 0.3) is 0 Å². The Morgan fingerprint density at radius 2 is 1.88 bits per heavy atom. The van der Waals surface area contributed by atoms with Crippen molar-refractivity contribution in [3.8, 4) is 0 Å². The highest BCUT2D eigenvalue weighted by Crippen LogP contribution is 2.60. The van der Waals surface area contributed by atoms with Crippen molar-refractivity contribution in [1.29, 1.82) is 0 Å². The van der Waals surface area contributed by atoms with Crippen LogP contribution in [0, 0.1) is 23.7 Å². The van der Waals surface area contributed by atoms with Crippen LogP contribution in [0.15, 0.2) is 12.2 Å². The van der Waals surface area contributed by atoms with Crippen LogP contribution in [0.5, 0.6) is 0 Å². The van der Waals surface area contributed by atoms with Crippen molar-refractivity contribution >= 4 is 5.97 Å². The number of hydrogen-bond acceptors (Lipinski definition) is 2. The molecule has 0 aliphatic heterocycles. The summed E-state index contributed by atoms with van der Waals surface area (Å²) < 4.78 is 5.80. The van der Waals surface area contributed by atoms with Gasteiger partial charge in [0.2, 0.25) is 0 Å². The summed E-state index contributed by atoms with van der Waals surface area (Å²) in [5.74, 6) is 3.59. The van der Waals surface area contributed by atoms with Crippen molar-refractivity contribution < 1.29 is 9.53 Å². The number of rotatable bonds is 2. The molecule has 0 amide bonds. The molecule has 4 saturated carbocycles. The van der Waals surface area contributed by atoms with Gasteiger partial charge in [-0.15, -0.1) is 0 Å². The number of carbonyl (C=O) groups is 1. The van der Waals surface area contributed by atoms with E-state index in [9.17, 15) is 4.79 Å². The van der Waals surface area contributed by atoms with Gasteiger partial charge in [0.1, 0.15) is 5.60 Å². The molecule has 3 unspecified atom stereocenters. The predicted octanol–water partition coefficient (Wildman–Crippen LogP) is 3.28. The zero-order chi connectivity index (χ0) is 12.2. The van der Waals surface area contributed by atoms with Crippen LogP contribution in [-0.2, 0) is 9.53 Å². The molecule has 3 atom stereocenters. The molecule has 2 nitrogen and oxygen atoms in total. The molecular formula is C15H21O2. The second-order valence-corrected chi connectivity index (χ2v) is 6.42. The maximum absolute atomic E-state index is 11.8. The monoisotopic (exact) mass is 233 g/mol. The summed E-state index contributed by atoms with van der Waals surface area (Å²) >= 11 is 0. The number of carbonyl (C=O) groups excluding carboxylic acids is 1. The average molecular weight is 233 g/mol. The first-order valence-corrected chi connectivity index (χ1v) is 6.73. The highest BCUT2D eigenvalue weighted by molar-refractivity contribution is 5.87. The topological polar surface area (TPSA) is 26.3 Å². The van der Waals surface area contributed by atoms with Gasteiger partial charge in [0.15, 0.2) is 0 Å². The third kappa shape index (κ3) is 1.64. The van der Waals surface area contributed by atoms with Gasteiger partial charge in [0.25, 0.3) is 0 Å². The summed E-state index contributed by atoms with van der Waals surface area (Å²) in [6, 6.07) is 0. The largest absolute Gasteiger partial charge is 0.455 e. The molecule has 0 spiro atoms. The van der Waals surface area contributed by atoms with Crippen LogP contribution in [0.4, 0.5) is 0 Å². The van der Waals surface area contributed by atoms with E-state index in [-0.39, 0.29) is 11.6 Å². The second kappa shape index (κ2) is 3.60. The van der Waals surface area contributed by atoms with Crippen LogP contribution in [0.1, 0.15) is 46.0 Å². The lowest BCUT2D eigenvalue weighted by Crippen LogP contribution is -2.56. The normalized spacial score (nSPS) is 43.8. The first kappa shape index (κ1) is 11.3. The van der Waals surface area contributed by atoms with E-state index in [1.54, 1.807) is 6.92 Å². The summed E-state index contributed by atoms with van der Waals surface area (Å²) in [5, 5.41) is 0. The fraction of sp³-hybridized carbons (Fsp3) is 0.733. The Labute approximate surface area is 103 Å². The number of hydrogen-bond donors (Lipinski definition) is 0. The zero-order valence-electron chi connectivity index (χ0n) is 10.8. The van der Waals surface area contributed by atoms with Gasteiger partial charge < -0.3 is 4.74 Å². The zero-order valence-corrected chi connectivity index (χ0v) is 10.8. The van der Waals surface area contributed by atoms with Crippen molar-refractivity contribution in [2.45, 2.75) is 51.6 Å². The Morgan fingerprint density at radius 3 is 2.35 bits per heavy atom. The van der Waals surface area contributed by atoms with Gasteiger partial charge in [-0.25, -0.2) is 4.79 Å². The molecule has 4 bridgehead atoms. The summed E-state index contributed by atoms with van der Waals surface area (Å²) in [5.41, 5.74) is 0.226. The lowest BCUT2D eigenvalue weighted by atomic mass is 9.50. The maximum Gasteiger partial charge on any atom is 0.333 e. The molecule has 4 fully saturated rings. The molecule has 0 aromatic carbocycles. The van der Waals surface area contributed by atoms with Gasteiger partial charge >= 0.3 is 5.97 Å². The quantitative estimate of drug-likeness (QED) is 0.540. The molecule has 1 radical (unpaired) electrons. The molecule has 0 aromatic rings. The Hall–Kier alpha value is -0.790. The van der Waals surface area contributed by atoms with E-state index in [0.717, 1.165) is 11.8 Å². The Balaban J connectivity index is 1.82. The van der Waals surface area contributed by atoms with Crippen LogP contribution in [0.3, 0.4) is 0 Å². The van der Waals surface area contributed by atoms with E-state index in [0.29, 0.717) is 11.5 Å². The number of ether oxygens (including phenoxy) is 1. The summed E-state index contributed by atoms with van der Waals surface area (Å²) in [7, 11) is 0. The van der Waals surface area contributed by atoms with Gasteiger partial charge in [-0.2, -0.15) is 0 Å². The standard InChI is InChI=1S/C15H21O2/c1-9(2)14(16)17-15(3)12-5-10-4-11(7-12)8-13(15)6-10/h10-12H,1,4-8H2,2-3H3. The molecule has 4 aliphatic carbocycles. The predicted molar refractivity (Wildman–Crippen MR) is 66.1 cm³/mol. The van der Waals surface area contributed by atoms with Crippen molar-refractivity contribution in [1.82, 2.24) is 0 Å². The molecule has 0 aromatic heterocycles. The fourth-order valence-corrected chi connectivity index (χ4v) is 4.26. The van der Waals surface area contributed by atoms with Gasteiger partial charge in [-0.05, 0) is 63.7 Å². The minimum atomic E-state index is -0.288. The molecule has 17 heavy (non-hydrogen) atoms. The molecule has 0 N–H and O–H groups in total. The second-order valence-electron chi connectivity index (χ2n) is 6.42. The third-order valence-electron chi connectivity index (χ3n) is 5.11. The highest BCUT2D eigenvalue weighted by atomic mass is 16.6. The van der Waals surface area contributed by atoms with Gasteiger partial charge in [-0.1, -0.05) is 6.58 Å². The Kier molecular flexibility index (Phi) is 2.39. The van der Waals surface area contributed by atoms with Gasteiger partial charge in [0.05, 0.1) is 0 Å².